The highest BCUT2D eigenvalue weighted by atomic mass is 16.5. The van der Waals surface area contributed by atoms with E-state index < -0.39 is 0 Å². The molecule has 3 nitrogen and oxygen atoms in total. The predicted molar refractivity (Wildman–Crippen MR) is 64.8 cm³/mol. The summed E-state index contributed by atoms with van der Waals surface area (Å²) >= 11 is 0. The molecule has 0 spiro atoms. The highest BCUT2D eigenvalue weighted by Gasteiger charge is 2.13. The van der Waals surface area contributed by atoms with Crippen molar-refractivity contribution < 1.29 is 4.74 Å². The van der Waals surface area contributed by atoms with Crippen LogP contribution >= 0.6 is 0 Å². The Morgan fingerprint density at radius 3 is 2.88 bits per heavy atom. The number of ether oxygens (including phenoxy) is 1. The van der Waals surface area contributed by atoms with E-state index in [9.17, 15) is 0 Å². The molecule has 0 radical (unpaired) electrons. The Bertz CT molecular complexity index is 487. The van der Waals surface area contributed by atoms with Crippen molar-refractivity contribution in [1.29, 1.82) is 0 Å². The van der Waals surface area contributed by atoms with E-state index in [2.05, 4.69) is 34.1 Å². The number of hydrogen-bond donors (Lipinski definition) is 0. The van der Waals surface area contributed by atoms with Crippen LogP contribution in [-0.4, -0.2) is 31.3 Å². The van der Waals surface area contributed by atoms with E-state index in [1.165, 1.54) is 16.5 Å². The third-order valence-corrected chi connectivity index (χ3v) is 3.01. The number of aromatic nitrogens is 1. The van der Waals surface area contributed by atoms with Crippen LogP contribution in [-0.2, 0) is 4.74 Å². The van der Waals surface area contributed by atoms with Crippen LogP contribution in [0.1, 0.15) is 0 Å². The van der Waals surface area contributed by atoms with Gasteiger partial charge in [0.05, 0.1) is 13.2 Å². The molecule has 0 atom stereocenters. The second-order valence-electron chi connectivity index (χ2n) is 3.97. The summed E-state index contributed by atoms with van der Waals surface area (Å²) in [6.07, 6.45) is 3.78. The standard InChI is InChI=1S/C13H14N2O/c1-2-11-4-5-14-10-12(11)13(3-1)15-6-8-16-9-7-15/h1-5,10H,6-9H2. The Hall–Kier alpha value is -1.61. The molecule has 0 aliphatic carbocycles. The first kappa shape index (κ1) is 9.60. The molecule has 0 saturated carbocycles. The summed E-state index contributed by atoms with van der Waals surface area (Å²) in [5.74, 6) is 0. The summed E-state index contributed by atoms with van der Waals surface area (Å²) in [5.41, 5.74) is 1.27. The maximum atomic E-state index is 5.38. The predicted octanol–water partition coefficient (Wildman–Crippen LogP) is 2.07. The number of nitrogens with zero attached hydrogens (tertiary/aromatic N) is 2. The van der Waals surface area contributed by atoms with Gasteiger partial charge in [-0.1, -0.05) is 12.1 Å². The lowest BCUT2D eigenvalue weighted by Gasteiger charge is -2.29. The Kier molecular flexibility index (Phi) is 2.46. The van der Waals surface area contributed by atoms with Crippen molar-refractivity contribution in [2.75, 3.05) is 31.2 Å². The van der Waals surface area contributed by atoms with Gasteiger partial charge >= 0.3 is 0 Å². The first-order valence-electron chi connectivity index (χ1n) is 5.60. The molecule has 0 unspecified atom stereocenters. The molecule has 2 aromatic rings. The number of pyridine rings is 1. The molecule has 1 aliphatic heterocycles. The number of morpholine rings is 1. The van der Waals surface area contributed by atoms with Gasteiger partial charge in [-0.05, 0) is 17.5 Å². The molecule has 1 aromatic carbocycles. The third-order valence-electron chi connectivity index (χ3n) is 3.01. The molecule has 3 heteroatoms. The van der Waals surface area contributed by atoms with Crippen molar-refractivity contribution in [2.24, 2.45) is 0 Å². The first-order chi connectivity index (χ1) is 7.95. The Morgan fingerprint density at radius 1 is 1.12 bits per heavy atom. The van der Waals surface area contributed by atoms with E-state index in [0.29, 0.717) is 0 Å². The van der Waals surface area contributed by atoms with E-state index >= 15 is 0 Å². The van der Waals surface area contributed by atoms with Crippen LogP contribution in [0, 0.1) is 0 Å². The Balaban J connectivity index is 2.08. The topological polar surface area (TPSA) is 25.4 Å². The fraction of sp³-hybridized carbons (Fsp3) is 0.308. The number of rotatable bonds is 1. The molecule has 0 bridgehead atoms. The lowest BCUT2D eigenvalue weighted by atomic mass is 10.1. The van der Waals surface area contributed by atoms with Gasteiger partial charge < -0.3 is 9.64 Å². The van der Waals surface area contributed by atoms with Crippen LogP contribution < -0.4 is 4.90 Å². The maximum absolute atomic E-state index is 5.38. The normalized spacial score (nSPS) is 16.6. The van der Waals surface area contributed by atoms with Gasteiger partial charge in [0.2, 0.25) is 0 Å². The highest BCUT2D eigenvalue weighted by Crippen LogP contribution is 2.26. The minimum atomic E-state index is 0.816. The minimum Gasteiger partial charge on any atom is -0.378 e. The second kappa shape index (κ2) is 4.10. The van der Waals surface area contributed by atoms with Crippen LogP contribution in [0.3, 0.4) is 0 Å². The van der Waals surface area contributed by atoms with Gasteiger partial charge in [0.25, 0.3) is 0 Å². The smallest absolute Gasteiger partial charge is 0.0642 e. The summed E-state index contributed by atoms with van der Waals surface area (Å²) in [6.45, 7) is 3.56. The maximum Gasteiger partial charge on any atom is 0.0642 e. The van der Waals surface area contributed by atoms with Gasteiger partial charge in [-0.2, -0.15) is 0 Å². The SMILES string of the molecule is c1cc(N2CCOCC2)c2cnccc2c1. The average molecular weight is 214 g/mol. The average Bonchev–Trinajstić information content (AvgIpc) is 2.39. The van der Waals surface area contributed by atoms with E-state index in [-0.39, 0.29) is 0 Å². The number of benzene rings is 1. The first-order valence-corrected chi connectivity index (χ1v) is 5.60. The molecule has 2 heterocycles. The fourth-order valence-electron chi connectivity index (χ4n) is 2.18. The summed E-state index contributed by atoms with van der Waals surface area (Å²) in [6, 6.07) is 8.45. The van der Waals surface area contributed by atoms with Gasteiger partial charge in [0.1, 0.15) is 0 Å². The summed E-state index contributed by atoms with van der Waals surface area (Å²) in [4.78, 5) is 6.58. The summed E-state index contributed by atoms with van der Waals surface area (Å²) < 4.78 is 5.38. The largest absolute Gasteiger partial charge is 0.378 e. The highest BCUT2D eigenvalue weighted by molar-refractivity contribution is 5.93. The Morgan fingerprint density at radius 2 is 2.00 bits per heavy atom. The quantitative estimate of drug-likeness (QED) is 0.726. The lowest BCUT2D eigenvalue weighted by molar-refractivity contribution is 0.123. The third kappa shape index (κ3) is 1.63. The summed E-state index contributed by atoms with van der Waals surface area (Å²) in [7, 11) is 0. The van der Waals surface area contributed by atoms with Crippen molar-refractivity contribution in [3.63, 3.8) is 0 Å². The van der Waals surface area contributed by atoms with Gasteiger partial charge in [-0.15, -0.1) is 0 Å². The van der Waals surface area contributed by atoms with Crippen molar-refractivity contribution in [2.45, 2.75) is 0 Å². The van der Waals surface area contributed by atoms with Gasteiger partial charge in [-0.25, -0.2) is 0 Å². The van der Waals surface area contributed by atoms with Crippen LogP contribution in [0.15, 0.2) is 36.7 Å². The molecule has 1 aliphatic rings. The molecule has 0 N–H and O–H groups in total. The molecule has 1 fully saturated rings. The number of fused-ring (bicyclic) bond motifs is 1. The van der Waals surface area contributed by atoms with Crippen molar-refractivity contribution in [3.8, 4) is 0 Å². The summed E-state index contributed by atoms with van der Waals surface area (Å²) in [5, 5.41) is 2.48. The number of hydrogen-bond acceptors (Lipinski definition) is 3. The molecular formula is C13H14N2O. The van der Waals surface area contributed by atoms with Crippen molar-refractivity contribution in [3.05, 3.63) is 36.7 Å². The monoisotopic (exact) mass is 214 g/mol. The van der Waals surface area contributed by atoms with E-state index in [1.807, 2.05) is 12.4 Å². The van der Waals surface area contributed by atoms with E-state index in [0.717, 1.165) is 26.3 Å². The molecule has 0 amide bonds. The number of anilines is 1. The van der Waals surface area contributed by atoms with Crippen LogP contribution in [0.25, 0.3) is 10.8 Å². The zero-order valence-electron chi connectivity index (χ0n) is 9.10. The molecule has 1 aromatic heterocycles. The zero-order chi connectivity index (χ0) is 10.8. The minimum absolute atomic E-state index is 0.816. The molecule has 1 saturated heterocycles. The van der Waals surface area contributed by atoms with E-state index in [4.69, 9.17) is 4.74 Å². The van der Waals surface area contributed by atoms with Crippen molar-refractivity contribution >= 4 is 16.5 Å². The second-order valence-corrected chi connectivity index (χ2v) is 3.97. The fourth-order valence-corrected chi connectivity index (χ4v) is 2.18. The molecular weight excluding hydrogens is 200 g/mol. The zero-order valence-corrected chi connectivity index (χ0v) is 9.10. The lowest BCUT2D eigenvalue weighted by Crippen LogP contribution is -2.36. The van der Waals surface area contributed by atoms with E-state index in [1.54, 1.807) is 0 Å². The van der Waals surface area contributed by atoms with Crippen LogP contribution in [0.4, 0.5) is 5.69 Å². The molecule has 82 valence electrons. The van der Waals surface area contributed by atoms with Crippen LogP contribution in [0.2, 0.25) is 0 Å². The van der Waals surface area contributed by atoms with Gasteiger partial charge in [0, 0.05) is 36.6 Å². The molecule has 16 heavy (non-hydrogen) atoms. The van der Waals surface area contributed by atoms with Gasteiger partial charge in [-0.3, -0.25) is 4.98 Å². The van der Waals surface area contributed by atoms with Gasteiger partial charge in [0.15, 0.2) is 0 Å². The van der Waals surface area contributed by atoms with Crippen LogP contribution in [0.5, 0.6) is 0 Å². The molecule has 3 rings (SSSR count). The Labute approximate surface area is 94.7 Å². The van der Waals surface area contributed by atoms with Crippen molar-refractivity contribution in [1.82, 2.24) is 4.98 Å².